The Morgan fingerprint density at radius 1 is 1.44 bits per heavy atom. The zero-order chi connectivity index (χ0) is 11.4. The second-order valence-corrected chi connectivity index (χ2v) is 4.84. The molecule has 0 saturated carbocycles. The number of aliphatic hydroxyl groups is 1. The number of benzene rings is 1. The highest BCUT2D eigenvalue weighted by atomic mass is 16.3. The van der Waals surface area contributed by atoms with Crippen molar-refractivity contribution < 1.29 is 5.11 Å². The second kappa shape index (κ2) is 5.46. The number of rotatable bonds is 4. The summed E-state index contributed by atoms with van der Waals surface area (Å²) < 4.78 is 0. The van der Waals surface area contributed by atoms with E-state index in [2.05, 4.69) is 36.5 Å². The van der Waals surface area contributed by atoms with Gasteiger partial charge in [-0.05, 0) is 36.3 Å². The minimum absolute atomic E-state index is 0.265. The average molecular weight is 219 g/mol. The van der Waals surface area contributed by atoms with Gasteiger partial charge in [0, 0.05) is 19.2 Å². The first-order valence-electron chi connectivity index (χ1n) is 6.23. The number of aryl methyl sites for hydroxylation is 1. The lowest BCUT2D eigenvalue weighted by molar-refractivity contribution is 0.228. The summed E-state index contributed by atoms with van der Waals surface area (Å²) >= 11 is 0. The van der Waals surface area contributed by atoms with E-state index < -0.39 is 0 Å². The normalized spacial score (nSPS) is 21.5. The molecule has 0 aliphatic heterocycles. The minimum atomic E-state index is 0.265. The van der Waals surface area contributed by atoms with Crippen molar-refractivity contribution in [2.24, 2.45) is 5.92 Å². The Hall–Kier alpha value is -0.860. The molecule has 2 unspecified atom stereocenters. The summed E-state index contributed by atoms with van der Waals surface area (Å²) in [4.78, 5) is 0. The van der Waals surface area contributed by atoms with Crippen molar-refractivity contribution in [2.75, 3.05) is 13.2 Å². The van der Waals surface area contributed by atoms with Crippen LogP contribution in [-0.2, 0) is 6.42 Å². The SMILES string of the molecule is CC(CO)CNC1CCCc2ccccc21. The summed E-state index contributed by atoms with van der Waals surface area (Å²) in [5, 5.41) is 12.6. The molecule has 2 heteroatoms. The van der Waals surface area contributed by atoms with Gasteiger partial charge in [-0.15, -0.1) is 0 Å². The number of hydrogen-bond acceptors (Lipinski definition) is 2. The summed E-state index contributed by atoms with van der Waals surface area (Å²) in [6.07, 6.45) is 3.70. The van der Waals surface area contributed by atoms with Crippen LogP contribution in [0.1, 0.15) is 36.9 Å². The molecule has 0 heterocycles. The van der Waals surface area contributed by atoms with Crippen LogP contribution in [0.3, 0.4) is 0 Å². The molecule has 16 heavy (non-hydrogen) atoms. The van der Waals surface area contributed by atoms with Gasteiger partial charge in [-0.1, -0.05) is 31.2 Å². The summed E-state index contributed by atoms with van der Waals surface area (Å²) in [5.41, 5.74) is 2.95. The predicted molar refractivity (Wildman–Crippen MR) is 66.4 cm³/mol. The van der Waals surface area contributed by atoms with Gasteiger partial charge in [-0.2, -0.15) is 0 Å². The highest BCUT2D eigenvalue weighted by molar-refractivity contribution is 5.32. The molecule has 2 N–H and O–H groups in total. The van der Waals surface area contributed by atoms with Crippen LogP contribution in [0.15, 0.2) is 24.3 Å². The first kappa shape index (κ1) is 11.6. The lowest BCUT2D eigenvalue weighted by Crippen LogP contribution is -2.30. The number of fused-ring (bicyclic) bond motifs is 1. The summed E-state index contributed by atoms with van der Waals surface area (Å²) in [6.45, 7) is 3.23. The van der Waals surface area contributed by atoms with E-state index in [1.165, 1.54) is 30.4 Å². The molecule has 1 aliphatic carbocycles. The number of nitrogens with one attached hydrogen (secondary N) is 1. The van der Waals surface area contributed by atoms with E-state index in [-0.39, 0.29) is 6.61 Å². The van der Waals surface area contributed by atoms with Crippen LogP contribution >= 0.6 is 0 Å². The molecule has 88 valence electrons. The summed E-state index contributed by atoms with van der Waals surface area (Å²) in [7, 11) is 0. The standard InChI is InChI=1S/C14H21NO/c1-11(10-16)9-15-14-8-4-6-12-5-2-3-7-13(12)14/h2-3,5,7,11,14-16H,4,6,8-10H2,1H3. The maximum absolute atomic E-state index is 9.02. The fourth-order valence-corrected chi connectivity index (χ4v) is 2.37. The van der Waals surface area contributed by atoms with Crippen LogP contribution in [0, 0.1) is 5.92 Å². The smallest absolute Gasteiger partial charge is 0.0468 e. The highest BCUT2D eigenvalue weighted by Gasteiger charge is 2.19. The van der Waals surface area contributed by atoms with E-state index in [1.807, 2.05) is 0 Å². The molecular formula is C14H21NO. The number of hydrogen-bond donors (Lipinski definition) is 2. The van der Waals surface area contributed by atoms with Crippen molar-refractivity contribution in [2.45, 2.75) is 32.2 Å². The Morgan fingerprint density at radius 2 is 2.25 bits per heavy atom. The van der Waals surface area contributed by atoms with Crippen molar-refractivity contribution in [3.8, 4) is 0 Å². The van der Waals surface area contributed by atoms with Gasteiger partial charge in [0.25, 0.3) is 0 Å². The molecule has 1 aliphatic rings. The van der Waals surface area contributed by atoms with Gasteiger partial charge in [-0.25, -0.2) is 0 Å². The van der Waals surface area contributed by atoms with Crippen molar-refractivity contribution in [1.29, 1.82) is 0 Å². The van der Waals surface area contributed by atoms with Crippen LogP contribution in [0.25, 0.3) is 0 Å². The average Bonchev–Trinajstić information content (AvgIpc) is 2.35. The molecule has 0 spiro atoms. The van der Waals surface area contributed by atoms with E-state index in [0.29, 0.717) is 12.0 Å². The van der Waals surface area contributed by atoms with Gasteiger partial charge in [0.05, 0.1) is 0 Å². The Morgan fingerprint density at radius 3 is 3.06 bits per heavy atom. The van der Waals surface area contributed by atoms with Gasteiger partial charge >= 0.3 is 0 Å². The summed E-state index contributed by atoms with van der Waals surface area (Å²) in [6, 6.07) is 9.19. The first-order valence-corrected chi connectivity index (χ1v) is 6.23. The van der Waals surface area contributed by atoms with Crippen LogP contribution in [0.2, 0.25) is 0 Å². The molecule has 0 radical (unpaired) electrons. The zero-order valence-corrected chi connectivity index (χ0v) is 9.95. The van der Waals surface area contributed by atoms with Crippen molar-refractivity contribution >= 4 is 0 Å². The molecular weight excluding hydrogens is 198 g/mol. The molecule has 0 fully saturated rings. The van der Waals surface area contributed by atoms with Crippen LogP contribution in [0.4, 0.5) is 0 Å². The number of aliphatic hydroxyl groups excluding tert-OH is 1. The van der Waals surface area contributed by atoms with Crippen molar-refractivity contribution in [3.05, 3.63) is 35.4 Å². The van der Waals surface area contributed by atoms with E-state index >= 15 is 0 Å². The van der Waals surface area contributed by atoms with Crippen molar-refractivity contribution in [1.82, 2.24) is 5.32 Å². The third-order valence-corrected chi connectivity index (χ3v) is 3.39. The van der Waals surface area contributed by atoms with Crippen LogP contribution < -0.4 is 5.32 Å². The van der Waals surface area contributed by atoms with Gasteiger partial charge in [0.15, 0.2) is 0 Å². The van der Waals surface area contributed by atoms with E-state index in [0.717, 1.165) is 6.54 Å². The largest absolute Gasteiger partial charge is 0.396 e. The fraction of sp³-hybridized carbons (Fsp3) is 0.571. The maximum atomic E-state index is 9.02. The third kappa shape index (κ3) is 2.63. The molecule has 2 atom stereocenters. The van der Waals surface area contributed by atoms with Crippen LogP contribution in [0.5, 0.6) is 0 Å². The molecule has 0 bridgehead atoms. The Labute approximate surface area is 97.7 Å². The van der Waals surface area contributed by atoms with Crippen molar-refractivity contribution in [3.63, 3.8) is 0 Å². The molecule has 2 rings (SSSR count). The lowest BCUT2D eigenvalue weighted by Gasteiger charge is -2.27. The molecule has 0 amide bonds. The maximum Gasteiger partial charge on any atom is 0.0468 e. The Kier molecular flexibility index (Phi) is 3.97. The molecule has 2 nitrogen and oxygen atoms in total. The molecule has 0 aromatic heterocycles. The first-order chi connectivity index (χ1) is 7.81. The predicted octanol–water partition coefficient (Wildman–Crippen LogP) is 2.28. The molecule has 1 aromatic rings. The van der Waals surface area contributed by atoms with E-state index in [4.69, 9.17) is 5.11 Å². The van der Waals surface area contributed by atoms with Gasteiger partial charge < -0.3 is 10.4 Å². The van der Waals surface area contributed by atoms with E-state index in [9.17, 15) is 0 Å². The van der Waals surface area contributed by atoms with Gasteiger partial charge in [0.1, 0.15) is 0 Å². The monoisotopic (exact) mass is 219 g/mol. The zero-order valence-electron chi connectivity index (χ0n) is 9.95. The van der Waals surface area contributed by atoms with Crippen LogP contribution in [-0.4, -0.2) is 18.3 Å². The second-order valence-electron chi connectivity index (χ2n) is 4.84. The van der Waals surface area contributed by atoms with Gasteiger partial charge in [0.2, 0.25) is 0 Å². The van der Waals surface area contributed by atoms with Gasteiger partial charge in [-0.3, -0.25) is 0 Å². The topological polar surface area (TPSA) is 32.3 Å². The lowest BCUT2D eigenvalue weighted by atomic mass is 9.87. The Balaban J connectivity index is 2.01. The Bertz CT molecular complexity index is 337. The quantitative estimate of drug-likeness (QED) is 0.814. The summed E-state index contributed by atoms with van der Waals surface area (Å²) in [5.74, 6) is 0.342. The van der Waals surface area contributed by atoms with E-state index in [1.54, 1.807) is 0 Å². The molecule has 0 saturated heterocycles. The third-order valence-electron chi connectivity index (χ3n) is 3.39. The minimum Gasteiger partial charge on any atom is -0.396 e. The molecule has 1 aromatic carbocycles. The fourth-order valence-electron chi connectivity index (χ4n) is 2.37. The highest BCUT2D eigenvalue weighted by Crippen LogP contribution is 2.29.